The summed E-state index contributed by atoms with van der Waals surface area (Å²) in [7, 11) is 0. The summed E-state index contributed by atoms with van der Waals surface area (Å²) < 4.78 is 11.3. The van der Waals surface area contributed by atoms with Gasteiger partial charge in [-0.25, -0.2) is 0 Å². The molecule has 1 heterocycles. The predicted molar refractivity (Wildman–Crippen MR) is 86.5 cm³/mol. The van der Waals surface area contributed by atoms with Crippen LogP contribution in [0, 0.1) is 0 Å². The van der Waals surface area contributed by atoms with Crippen LogP contribution in [0.25, 0.3) is 0 Å². The summed E-state index contributed by atoms with van der Waals surface area (Å²) in [6.07, 6.45) is 1.09. The second kappa shape index (κ2) is 7.95. The molecule has 114 valence electrons. The Hall–Kier alpha value is -0.870. The van der Waals surface area contributed by atoms with E-state index in [-0.39, 0.29) is 6.61 Å². The Balaban J connectivity index is 1.94. The van der Waals surface area contributed by atoms with Gasteiger partial charge in [0.15, 0.2) is 5.75 Å². The molecule has 1 N–H and O–H groups in total. The summed E-state index contributed by atoms with van der Waals surface area (Å²) in [6, 6.07) is 6.98. The van der Waals surface area contributed by atoms with E-state index >= 15 is 0 Å². The Morgan fingerprint density at radius 1 is 1.10 bits per heavy atom. The molecule has 6 heteroatoms. The fraction of sp³-hybridized carbons (Fsp3) is 0.333. The van der Waals surface area contributed by atoms with Gasteiger partial charge in [-0.3, -0.25) is 0 Å². The van der Waals surface area contributed by atoms with Crippen molar-refractivity contribution in [2.75, 3.05) is 6.54 Å². The van der Waals surface area contributed by atoms with E-state index in [0.29, 0.717) is 33.1 Å². The molecule has 0 aliphatic carbocycles. The fourth-order valence-corrected chi connectivity index (χ4v) is 2.72. The smallest absolute Gasteiger partial charge is 0.157 e. The van der Waals surface area contributed by atoms with E-state index in [1.54, 1.807) is 12.1 Å². The molecule has 21 heavy (non-hydrogen) atoms. The number of furan rings is 1. The average molecular weight is 349 g/mol. The minimum absolute atomic E-state index is 0.259. The van der Waals surface area contributed by atoms with E-state index in [4.69, 9.17) is 44.0 Å². The van der Waals surface area contributed by atoms with Crippen molar-refractivity contribution in [1.82, 2.24) is 5.32 Å². The zero-order valence-electron chi connectivity index (χ0n) is 11.6. The van der Waals surface area contributed by atoms with Crippen molar-refractivity contribution in [2.24, 2.45) is 0 Å². The molecule has 0 spiro atoms. The van der Waals surface area contributed by atoms with Crippen LogP contribution in [-0.2, 0) is 13.2 Å². The van der Waals surface area contributed by atoms with Crippen LogP contribution in [0.4, 0.5) is 0 Å². The van der Waals surface area contributed by atoms with Crippen molar-refractivity contribution in [3.05, 3.63) is 50.9 Å². The van der Waals surface area contributed by atoms with E-state index in [1.165, 1.54) is 0 Å². The third-order valence-corrected chi connectivity index (χ3v) is 3.54. The first-order valence-corrected chi connectivity index (χ1v) is 7.79. The lowest BCUT2D eigenvalue weighted by Crippen LogP contribution is -2.13. The van der Waals surface area contributed by atoms with Crippen molar-refractivity contribution in [2.45, 2.75) is 26.5 Å². The number of hydrogen-bond acceptors (Lipinski definition) is 3. The minimum Gasteiger partial charge on any atom is -0.483 e. The summed E-state index contributed by atoms with van der Waals surface area (Å²) in [5, 5.41) is 4.50. The van der Waals surface area contributed by atoms with Crippen molar-refractivity contribution >= 4 is 34.8 Å². The maximum absolute atomic E-state index is 6.06. The Morgan fingerprint density at radius 2 is 1.76 bits per heavy atom. The lowest BCUT2D eigenvalue weighted by molar-refractivity contribution is 0.265. The fourth-order valence-electron chi connectivity index (χ4n) is 1.79. The van der Waals surface area contributed by atoms with Gasteiger partial charge in [0.05, 0.1) is 16.6 Å². The van der Waals surface area contributed by atoms with Gasteiger partial charge < -0.3 is 14.5 Å². The maximum Gasteiger partial charge on any atom is 0.157 e. The van der Waals surface area contributed by atoms with Crippen LogP contribution in [0.3, 0.4) is 0 Å². The van der Waals surface area contributed by atoms with E-state index in [0.717, 1.165) is 18.7 Å². The van der Waals surface area contributed by atoms with Crippen molar-refractivity contribution < 1.29 is 9.15 Å². The van der Waals surface area contributed by atoms with Crippen molar-refractivity contribution in [3.8, 4) is 5.75 Å². The van der Waals surface area contributed by atoms with Crippen LogP contribution in [0.2, 0.25) is 15.1 Å². The molecular weight excluding hydrogens is 333 g/mol. The van der Waals surface area contributed by atoms with E-state index in [2.05, 4.69) is 12.2 Å². The number of rotatable bonds is 7. The second-order valence-electron chi connectivity index (χ2n) is 4.53. The van der Waals surface area contributed by atoms with E-state index in [1.807, 2.05) is 12.1 Å². The quantitative estimate of drug-likeness (QED) is 0.688. The first-order valence-electron chi connectivity index (χ1n) is 6.65. The summed E-state index contributed by atoms with van der Waals surface area (Å²) in [5.74, 6) is 1.99. The molecule has 0 bridgehead atoms. The molecule has 0 saturated heterocycles. The standard InChI is InChI=1S/C15H16Cl3NO2/c1-2-5-19-8-11-3-4-12(21-11)9-20-15-13(17)6-10(16)7-14(15)18/h3-4,6-7,19H,2,5,8-9H2,1H3. The molecular formula is C15H16Cl3NO2. The molecule has 0 radical (unpaired) electrons. The van der Waals surface area contributed by atoms with Gasteiger partial charge in [0.2, 0.25) is 0 Å². The summed E-state index contributed by atoms with van der Waals surface area (Å²) in [4.78, 5) is 0. The second-order valence-corrected chi connectivity index (χ2v) is 5.78. The highest BCUT2D eigenvalue weighted by Gasteiger charge is 2.10. The summed E-state index contributed by atoms with van der Waals surface area (Å²) in [5.41, 5.74) is 0. The van der Waals surface area contributed by atoms with Crippen LogP contribution in [-0.4, -0.2) is 6.54 Å². The van der Waals surface area contributed by atoms with Crippen LogP contribution in [0.5, 0.6) is 5.75 Å². The monoisotopic (exact) mass is 347 g/mol. The highest BCUT2D eigenvalue weighted by molar-refractivity contribution is 6.40. The average Bonchev–Trinajstić information content (AvgIpc) is 2.86. The normalized spacial score (nSPS) is 10.9. The zero-order chi connectivity index (χ0) is 15.2. The third kappa shape index (κ3) is 4.82. The van der Waals surface area contributed by atoms with E-state index < -0.39 is 0 Å². The molecule has 1 aromatic carbocycles. The highest BCUT2D eigenvalue weighted by Crippen LogP contribution is 2.36. The molecule has 0 aliphatic rings. The lowest BCUT2D eigenvalue weighted by Gasteiger charge is -2.09. The van der Waals surface area contributed by atoms with Gasteiger partial charge in [-0.1, -0.05) is 41.7 Å². The largest absolute Gasteiger partial charge is 0.483 e. The maximum atomic E-state index is 6.06. The molecule has 0 atom stereocenters. The van der Waals surface area contributed by atoms with Crippen LogP contribution < -0.4 is 10.1 Å². The number of hydrogen-bond donors (Lipinski definition) is 1. The van der Waals surface area contributed by atoms with E-state index in [9.17, 15) is 0 Å². The number of ether oxygens (including phenoxy) is 1. The first kappa shape index (κ1) is 16.5. The molecule has 0 unspecified atom stereocenters. The minimum atomic E-state index is 0.259. The third-order valence-electron chi connectivity index (χ3n) is 2.77. The highest BCUT2D eigenvalue weighted by atomic mass is 35.5. The molecule has 0 aliphatic heterocycles. The molecule has 0 amide bonds. The zero-order valence-corrected chi connectivity index (χ0v) is 13.9. The molecule has 0 saturated carbocycles. The topological polar surface area (TPSA) is 34.4 Å². The van der Waals surface area contributed by atoms with Gasteiger partial charge in [-0.05, 0) is 37.2 Å². The lowest BCUT2D eigenvalue weighted by atomic mass is 10.3. The van der Waals surface area contributed by atoms with Crippen LogP contribution in [0.1, 0.15) is 24.9 Å². The Morgan fingerprint density at radius 3 is 2.43 bits per heavy atom. The summed E-state index contributed by atoms with van der Waals surface area (Å²) in [6.45, 7) is 4.04. The van der Waals surface area contributed by atoms with Gasteiger partial charge in [0, 0.05) is 5.02 Å². The summed E-state index contributed by atoms with van der Waals surface area (Å²) >= 11 is 18.0. The van der Waals surface area contributed by atoms with Crippen LogP contribution >= 0.6 is 34.8 Å². The molecule has 2 rings (SSSR count). The first-order chi connectivity index (χ1) is 10.1. The SMILES string of the molecule is CCCNCc1ccc(COc2c(Cl)cc(Cl)cc2Cl)o1. The molecule has 2 aromatic rings. The number of halogens is 3. The van der Waals surface area contributed by atoms with Crippen molar-refractivity contribution in [3.63, 3.8) is 0 Å². The predicted octanol–water partition coefficient (Wildman–Crippen LogP) is 5.32. The molecule has 3 nitrogen and oxygen atoms in total. The number of benzene rings is 1. The van der Waals surface area contributed by atoms with Crippen molar-refractivity contribution in [1.29, 1.82) is 0 Å². The number of nitrogens with one attached hydrogen (secondary N) is 1. The Bertz CT molecular complexity index is 575. The van der Waals surface area contributed by atoms with Gasteiger partial charge in [0.25, 0.3) is 0 Å². The van der Waals surface area contributed by atoms with Gasteiger partial charge in [-0.15, -0.1) is 0 Å². The van der Waals surface area contributed by atoms with Gasteiger partial charge in [0.1, 0.15) is 18.1 Å². The van der Waals surface area contributed by atoms with Gasteiger partial charge in [-0.2, -0.15) is 0 Å². The van der Waals surface area contributed by atoms with Gasteiger partial charge >= 0.3 is 0 Å². The molecule has 1 aromatic heterocycles. The Kier molecular flexibility index (Phi) is 6.24. The van der Waals surface area contributed by atoms with Crippen LogP contribution in [0.15, 0.2) is 28.7 Å². The molecule has 0 fully saturated rings. The Labute approximate surface area is 139 Å².